The van der Waals surface area contributed by atoms with Crippen LogP contribution >= 0.6 is 0 Å². The average molecular weight is 230 g/mol. The number of aliphatic hydroxyl groups is 1. The minimum Gasteiger partial charge on any atom is -0.480 e. The maximum Gasteiger partial charge on any atom is 0.328 e. The van der Waals surface area contributed by atoms with Crippen molar-refractivity contribution in [1.29, 1.82) is 0 Å². The molecule has 0 aromatic heterocycles. The van der Waals surface area contributed by atoms with Crippen LogP contribution in [0.2, 0.25) is 0 Å². The van der Waals surface area contributed by atoms with Crippen LogP contribution in [0.25, 0.3) is 0 Å². The first kappa shape index (κ1) is 12.9. The van der Waals surface area contributed by atoms with Crippen molar-refractivity contribution in [2.24, 2.45) is 11.7 Å². The molecule has 0 aromatic rings. The lowest BCUT2D eigenvalue weighted by molar-refractivity contribution is -0.145. The van der Waals surface area contributed by atoms with Crippen LogP contribution in [0.3, 0.4) is 0 Å². The van der Waals surface area contributed by atoms with Crippen LogP contribution in [0.5, 0.6) is 0 Å². The van der Waals surface area contributed by atoms with E-state index in [9.17, 15) is 14.7 Å². The molecule has 1 fully saturated rings. The number of nitrogens with two attached hydrogens (primary N) is 1. The fourth-order valence-electron chi connectivity index (χ4n) is 1.55. The van der Waals surface area contributed by atoms with Gasteiger partial charge in [-0.2, -0.15) is 0 Å². The zero-order valence-electron chi connectivity index (χ0n) is 9.43. The van der Waals surface area contributed by atoms with E-state index in [0.717, 1.165) is 12.8 Å². The molecule has 0 aromatic carbocycles. The van der Waals surface area contributed by atoms with E-state index >= 15 is 0 Å². The number of rotatable bonds is 5. The zero-order chi connectivity index (χ0) is 12.5. The standard InChI is InChI=1S/C10H18N2O4/c1-5(13)7(8(14)15)12-9(16)10(2,11)6-3-4-6/h5-7,13H,3-4,11H2,1-2H3,(H,12,16)(H,14,15)/t5-,7+,10?/m1/s1. The number of aliphatic hydroxyl groups excluding tert-OH is 1. The highest BCUT2D eigenvalue weighted by Crippen LogP contribution is 2.38. The van der Waals surface area contributed by atoms with Crippen molar-refractivity contribution in [2.45, 2.75) is 44.4 Å². The van der Waals surface area contributed by atoms with Gasteiger partial charge in [0.15, 0.2) is 6.04 Å². The Morgan fingerprint density at radius 2 is 2.00 bits per heavy atom. The smallest absolute Gasteiger partial charge is 0.328 e. The number of aliphatic carboxylic acids is 1. The quantitative estimate of drug-likeness (QED) is 0.487. The molecule has 1 rings (SSSR count). The predicted molar refractivity (Wildman–Crippen MR) is 56.6 cm³/mol. The maximum atomic E-state index is 11.8. The largest absolute Gasteiger partial charge is 0.480 e. The maximum absolute atomic E-state index is 11.8. The lowest BCUT2D eigenvalue weighted by Crippen LogP contribution is -2.59. The first-order valence-electron chi connectivity index (χ1n) is 5.27. The van der Waals surface area contributed by atoms with Crippen LogP contribution in [0.4, 0.5) is 0 Å². The Morgan fingerprint density at radius 3 is 2.31 bits per heavy atom. The number of nitrogens with one attached hydrogen (secondary N) is 1. The van der Waals surface area contributed by atoms with Gasteiger partial charge in [-0.05, 0) is 32.6 Å². The second-order valence-electron chi connectivity index (χ2n) is 4.59. The molecule has 6 heteroatoms. The van der Waals surface area contributed by atoms with E-state index in [0.29, 0.717) is 0 Å². The highest BCUT2D eigenvalue weighted by atomic mass is 16.4. The van der Waals surface area contributed by atoms with Crippen molar-refractivity contribution >= 4 is 11.9 Å². The molecule has 1 aliphatic carbocycles. The Balaban J connectivity index is 2.64. The van der Waals surface area contributed by atoms with E-state index in [1.807, 2.05) is 0 Å². The second kappa shape index (κ2) is 4.39. The summed E-state index contributed by atoms with van der Waals surface area (Å²) in [5.41, 5.74) is 4.77. The third-order valence-corrected chi connectivity index (χ3v) is 2.95. The van der Waals surface area contributed by atoms with Crippen LogP contribution in [-0.4, -0.2) is 39.8 Å². The fourth-order valence-corrected chi connectivity index (χ4v) is 1.55. The molecular formula is C10H18N2O4. The zero-order valence-corrected chi connectivity index (χ0v) is 9.43. The Kier molecular flexibility index (Phi) is 3.54. The fraction of sp³-hybridized carbons (Fsp3) is 0.800. The summed E-state index contributed by atoms with van der Waals surface area (Å²) >= 11 is 0. The van der Waals surface area contributed by atoms with E-state index in [4.69, 9.17) is 10.8 Å². The van der Waals surface area contributed by atoms with Gasteiger partial charge in [-0.1, -0.05) is 0 Å². The summed E-state index contributed by atoms with van der Waals surface area (Å²) in [7, 11) is 0. The van der Waals surface area contributed by atoms with Gasteiger partial charge in [0.05, 0.1) is 11.6 Å². The van der Waals surface area contributed by atoms with Gasteiger partial charge in [-0.25, -0.2) is 4.79 Å². The molecule has 0 radical (unpaired) electrons. The van der Waals surface area contributed by atoms with Crippen molar-refractivity contribution in [2.75, 3.05) is 0 Å². The third kappa shape index (κ3) is 2.70. The Labute approximate surface area is 93.8 Å². The van der Waals surface area contributed by atoms with E-state index in [2.05, 4.69) is 5.32 Å². The molecular weight excluding hydrogens is 212 g/mol. The normalized spacial score (nSPS) is 23.0. The predicted octanol–water partition coefficient (Wildman–Crippen LogP) is -0.936. The molecule has 5 N–H and O–H groups in total. The molecule has 1 saturated carbocycles. The second-order valence-corrected chi connectivity index (χ2v) is 4.59. The summed E-state index contributed by atoms with van der Waals surface area (Å²) < 4.78 is 0. The van der Waals surface area contributed by atoms with Crippen LogP contribution in [0, 0.1) is 5.92 Å². The van der Waals surface area contributed by atoms with E-state index in [1.165, 1.54) is 6.92 Å². The van der Waals surface area contributed by atoms with Crippen LogP contribution in [0.15, 0.2) is 0 Å². The van der Waals surface area contributed by atoms with Gasteiger partial charge in [0.1, 0.15) is 0 Å². The molecule has 92 valence electrons. The highest BCUT2D eigenvalue weighted by Gasteiger charge is 2.45. The van der Waals surface area contributed by atoms with E-state index < -0.39 is 29.6 Å². The van der Waals surface area contributed by atoms with Crippen molar-refractivity contribution in [1.82, 2.24) is 5.32 Å². The minimum atomic E-state index is -1.31. The summed E-state index contributed by atoms with van der Waals surface area (Å²) in [6.45, 7) is 2.89. The third-order valence-electron chi connectivity index (χ3n) is 2.95. The molecule has 0 saturated heterocycles. The van der Waals surface area contributed by atoms with E-state index in [1.54, 1.807) is 6.92 Å². The molecule has 6 nitrogen and oxygen atoms in total. The SMILES string of the molecule is C[C@@H](O)[C@H](NC(=O)C(C)(N)C1CC1)C(=O)O. The van der Waals surface area contributed by atoms with Crippen molar-refractivity contribution in [3.8, 4) is 0 Å². The topological polar surface area (TPSA) is 113 Å². The Bertz CT molecular complexity index is 297. The lowest BCUT2D eigenvalue weighted by Gasteiger charge is -2.26. The van der Waals surface area contributed by atoms with Crippen LogP contribution < -0.4 is 11.1 Å². The molecule has 0 spiro atoms. The number of amides is 1. The van der Waals surface area contributed by atoms with Crippen LogP contribution in [0.1, 0.15) is 26.7 Å². The molecule has 1 unspecified atom stereocenters. The van der Waals surface area contributed by atoms with Gasteiger partial charge in [-0.3, -0.25) is 4.79 Å². The monoisotopic (exact) mass is 230 g/mol. The first-order chi connectivity index (χ1) is 7.26. The highest BCUT2D eigenvalue weighted by molar-refractivity contribution is 5.90. The summed E-state index contributed by atoms with van der Waals surface area (Å²) in [6, 6.07) is -1.31. The summed E-state index contributed by atoms with van der Waals surface area (Å²) in [5, 5.41) is 20.3. The summed E-state index contributed by atoms with van der Waals surface area (Å²) in [6.07, 6.45) is 0.608. The van der Waals surface area contributed by atoms with Crippen LogP contribution in [-0.2, 0) is 9.59 Å². The number of carboxylic acid groups (broad SMARTS) is 1. The van der Waals surface area contributed by atoms with E-state index in [-0.39, 0.29) is 5.92 Å². The number of carbonyl (C=O) groups is 2. The number of hydrogen-bond donors (Lipinski definition) is 4. The molecule has 0 bridgehead atoms. The Hall–Kier alpha value is -1.14. The lowest BCUT2D eigenvalue weighted by atomic mass is 9.95. The molecule has 3 atom stereocenters. The van der Waals surface area contributed by atoms with Gasteiger partial charge in [0.25, 0.3) is 0 Å². The van der Waals surface area contributed by atoms with Gasteiger partial charge < -0.3 is 21.3 Å². The molecule has 0 aliphatic heterocycles. The van der Waals surface area contributed by atoms with Gasteiger partial charge >= 0.3 is 5.97 Å². The summed E-state index contributed by atoms with van der Waals surface area (Å²) in [4.78, 5) is 22.5. The first-order valence-corrected chi connectivity index (χ1v) is 5.27. The van der Waals surface area contributed by atoms with Crippen molar-refractivity contribution in [3.63, 3.8) is 0 Å². The number of carbonyl (C=O) groups excluding carboxylic acids is 1. The van der Waals surface area contributed by atoms with Crippen molar-refractivity contribution < 1.29 is 19.8 Å². The molecule has 1 amide bonds. The minimum absolute atomic E-state index is 0.107. The van der Waals surface area contributed by atoms with Gasteiger partial charge in [0.2, 0.25) is 5.91 Å². The number of carboxylic acids is 1. The average Bonchev–Trinajstić information content (AvgIpc) is 2.95. The Morgan fingerprint density at radius 1 is 1.50 bits per heavy atom. The molecule has 16 heavy (non-hydrogen) atoms. The molecule has 0 heterocycles. The van der Waals surface area contributed by atoms with Gasteiger partial charge in [-0.15, -0.1) is 0 Å². The van der Waals surface area contributed by atoms with Crippen molar-refractivity contribution in [3.05, 3.63) is 0 Å². The molecule has 1 aliphatic rings. The van der Waals surface area contributed by atoms with Gasteiger partial charge in [0, 0.05) is 0 Å². The summed E-state index contributed by atoms with van der Waals surface area (Å²) in [5.74, 6) is -1.69. The number of hydrogen-bond acceptors (Lipinski definition) is 4.